The van der Waals surface area contributed by atoms with Crippen LogP contribution >= 0.6 is 0 Å². The highest BCUT2D eigenvalue weighted by molar-refractivity contribution is 5.91. The maximum Gasteiger partial charge on any atom is 0.162 e. The lowest BCUT2D eigenvalue weighted by Gasteiger charge is -2.23. The lowest BCUT2D eigenvalue weighted by molar-refractivity contribution is -0.908. The Morgan fingerprint density at radius 3 is 2.62 bits per heavy atom. The van der Waals surface area contributed by atoms with Gasteiger partial charge in [-0.25, -0.2) is 9.97 Å². The van der Waals surface area contributed by atoms with Crippen molar-refractivity contribution in [2.45, 2.75) is 6.42 Å². The molecule has 1 fully saturated rings. The number of quaternary nitrogens is 1. The van der Waals surface area contributed by atoms with Gasteiger partial charge in [0.05, 0.1) is 39.5 Å². The maximum absolute atomic E-state index is 5.39. The summed E-state index contributed by atoms with van der Waals surface area (Å²) in [5, 5.41) is 4.36. The number of methoxy groups -OCH3 is 2. The van der Waals surface area contributed by atoms with E-state index in [2.05, 4.69) is 15.3 Å². The molecule has 2 aromatic rings. The van der Waals surface area contributed by atoms with Crippen molar-refractivity contribution in [2.75, 3.05) is 58.9 Å². The first-order chi connectivity index (χ1) is 11.8. The molecule has 1 saturated heterocycles. The standard InChI is InChI=1S/C17H24N4O3/c1-22-15-10-13-14(11-16(15)23-2)19-12-20-17(13)18-4-3-5-21-6-8-24-9-7-21/h10-12H,3-9H2,1-2H3,(H,18,19,20)/p+1. The van der Waals surface area contributed by atoms with Crippen molar-refractivity contribution in [1.82, 2.24) is 9.97 Å². The molecule has 0 unspecified atom stereocenters. The van der Waals surface area contributed by atoms with Gasteiger partial charge in [-0.15, -0.1) is 0 Å². The zero-order valence-corrected chi connectivity index (χ0v) is 14.3. The molecule has 1 aromatic heterocycles. The van der Waals surface area contributed by atoms with Crippen LogP contribution in [0.2, 0.25) is 0 Å². The van der Waals surface area contributed by atoms with Crippen LogP contribution < -0.4 is 19.7 Å². The van der Waals surface area contributed by atoms with Crippen LogP contribution in [0.5, 0.6) is 11.5 Å². The summed E-state index contributed by atoms with van der Waals surface area (Å²) in [6.07, 6.45) is 2.66. The molecule has 0 aliphatic carbocycles. The highest BCUT2D eigenvalue weighted by Crippen LogP contribution is 2.33. The first-order valence-electron chi connectivity index (χ1n) is 8.33. The summed E-state index contributed by atoms with van der Waals surface area (Å²) in [5.41, 5.74) is 0.837. The van der Waals surface area contributed by atoms with Gasteiger partial charge in [-0.05, 0) is 6.07 Å². The molecular weight excluding hydrogens is 308 g/mol. The number of morpholine rings is 1. The number of hydrogen-bond acceptors (Lipinski definition) is 6. The third-order valence-corrected chi connectivity index (χ3v) is 4.34. The Hall–Kier alpha value is -2.12. The van der Waals surface area contributed by atoms with Gasteiger partial charge < -0.3 is 24.4 Å². The fraction of sp³-hybridized carbons (Fsp3) is 0.529. The Morgan fingerprint density at radius 1 is 1.12 bits per heavy atom. The number of nitrogens with zero attached hydrogens (tertiary/aromatic N) is 2. The fourth-order valence-electron chi connectivity index (χ4n) is 2.98. The monoisotopic (exact) mass is 333 g/mol. The molecule has 1 aliphatic heterocycles. The maximum atomic E-state index is 5.39. The molecule has 1 aliphatic rings. The summed E-state index contributed by atoms with van der Waals surface area (Å²) in [7, 11) is 3.25. The van der Waals surface area contributed by atoms with Crippen molar-refractivity contribution in [1.29, 1.82) is 0 Å². The summed E-state index contributed by atoms with van der Waals surface area (Å²) in [5.74, 6) is 2.18. The zero-order chi connectivity index (χ0) is 16.8. The Kier molecular flexibility index (Phi) is 5.66. The van der Waals surface area contributed by atoms with E-state index in [0.29, 0.717) is 11.5 Å². The topological polar surface area (TPSA) is 69.9 Å². The summed E-state index contributed by atoms with van der Waals surface area (Å²) < 4.78 is 16.1. The van der Waals surface area contributed by atoms with Crippen LogP contribution in [0.1, 0.15) is 6.42 Å². The van der Waals surface area contributed by atoms with Crippen molar-refractivity contribution >= 4 is 16.7 Å². The lowest BCUT2D eigenvalue weighted by atomic mass is 10.2. The van der Waals surface area contributed by atoms with E-state index < -0.39 is 0 Å². The number of benzene rings is 1. The number of anilines is 1. The number of hydrogen-bond donors (Lipinski definition) is 2. The van der Waals surface area contributed by atoms with Crippen molar-refractivity contribution in [3.8, 4) is 11.5 Å². The number of fused-ring (bicyclic) bond motifs is 1. The summed E-state index contributed by atoms with van der Waals surface area (Å²) in [4.78, 5) is 10.3. The summed E-state index contributed by atoms with van der Waals surface area (Å²) >= 11 is 0. The predicted octanol–water partition coefficient (Wildman–Crippen LogP) is 0.364. The quantitative estimate of drug-likeness (QED) is 0.713. The highest BCUT2D eigenvalue weighted by atomic mass is 16.5. The van der Waals surface area contributed by atoms with Gasteiger partial charge in [-0.2, -0.15) is 0 Å². The van der Waals surface area contributed by atoms with Gasteiger partial charge in [0.25, 0.3) is 0 Å². The molecule has 1 aromatic carbocycles. The molecule has 3 rings (SSSR count). The Labute approximate surface area is 141 Å². The van der Waals surface area contributed by atoms with E-state index in [4.69, 9.17) is 14.2 Å². The number of rotatable bonds is 7. The second-order valence-corrected chi connectivity index (χ2v) is 5.84. The molecule has 0 radical (unpaired) electrons. The normalized spacial score (nSPS) is 15.4. The number of aromatic nitrogens is 2. The molecule has 0 bridgehead atoms. The van der Waals surface area contributed by atoms with Crippen molar-refractivity contribution < 1.29 is 19.1 Å². The molecule has 24 heavy (non-hydrogen) atoms. The molecule has 2 heterocycles. The minimum Gasteiger partial charge on any atom is -0.493 e. The fourth-order valence-corrected chi connectivity index (χ4v) is 2.98. The third-order valence-electron chi connectivity index (χ3n) is 4.34. The van der Waals surface area contributed by atoms with Crippen LogP contribution in [-0.4, -0.2) is 63.6 Å². The minimum absolute atomic E-state index is 0.672. The van der Waals surface area contributed by atoms with E-state index in [-0.39, 0.29) is 0 Å². The highest BCUT2D eigenvalue weighted by Gasteiger charge is 2.13. The average molecular weight is 333 g/mol. The van der Waals surface area contributed by atoms with E-state index >= 15 is 0 Å². The van der Waals surface area contributed by atoms with E-state index in [1.54, 1.807) is 25.4 Å². The van der Waals surface area contributed by atoms with Crippen molar-refractivity contribution in [3.63, 3.8) is 0 Å². The molecule has 7 nitrogen and oxygen atoms in total. The van der Waals surface area contributed by atoms with Crippen molar-refractivity contribution in [3.05, 3.63) is 18.5 Å². The Balaban J connectivity index is 1.65. The summed E-state index contributed by atoms with van der Waals surface area (Å²) in [6, 6.07) is 3.79. The van der Waals surface area contributed by atoms with Gasteiger partial charge >= 0.3 is 0 Å². The van der Waals surface area contributed by atoms with E-state index in [1.165, 1.54) is 0 Å². The second-order valence-electron chi connectivity index (χ2n) is 5.84. The van der Waals surface area contributed by atoms with Gasteiger partial charge in [0.2, 0.25) is 0 Å². The first kappa shape index (κ1) is 16.7. The van der Waals surface area contributed by atoms with E-state index in [0.717, 1.165) is 62.5 Å². The van der Waals surface area contributed by atoms with Crippen LogP contribution in [-0.2, 0) is 4.74 Å². The van der Waals surface area contributed by atoms with Gasteiger partial charge in [0.1, 0.15) is 25.2 Å². The Bertz CT molecular complexity index is 674. The molecule has 0 saturated carbocycles. The van der Waals surface area contributed by atoms with Crippen molar-refractivity contribution in [2.24, 2.45) is 0 Å². The van der Waals surface area contributed by atoms with Gasteiger partial charge in [0.15, 0.2) is 11.5 Å². The molecular formula is C17H25N4O3+. The largest absolute Gasteiger partial charge is 0.493 e. The lowest BCUT2D eigenvalue weighted by Crippen LogP contribution is -3.14. The molecule has 130 valence electrons. The molecule has 2 N–H and O–H groups in total. The van der Waals surface area contributed by atoms with Crippen LogP contribution in [0.4, 0.5) is 5.82 Å². The van der Waals surface area contributed by atoms with Gasteiger partial charge in [0, 0.05) is 24.4 Å². The number of ether oxygens (including phenoxy) is 3. The van der Waals surface area contributed by atoms with E-state index in [1.807, 2.05) is 12.1 Å². The Morgan fingerprint density at radius 2 is 1.88 bits per heavy atom. The predicted molar refractivity (Wildman–Crippen MR) is 92.1 cm³/mol. The number of nitrogens with one attached hydrogen (secondary N) is 2. The molecule has 0 atom stereocenters. The second kappa shape index (κ2) is 8.12. The molecule has 0 spiro atoms. The molecule has 7 heteroatoms. The minimum atomic E-state index is 0.672. The smallest absolute Gasteiger partial charge is 0.162 e. The molecule has 0 amide bonds. The first-order valence-corrected chi connectivity index (χ1v) is 8.33. The zero-order valence-electron chi connectivity index (χ0n) is 14.3. The third kappa shape index (κ3) is 3.85. The van der Waals surface area contributed by atoms with Crippen LogP contribution in [0.25, 0.3) is 10.9 Å². The average Bonchev–Trinajstić information content (AvgIpc) is 2.65. The van der Waals surface area contributed by atoms with Crippen LogP contribution in [0.3, 0.4) is 0 Å². The van der Waals surface area contributed by atoms with Crippen LogP contribution in [0.15, 0.2) is 18.5 Å². The SMILES string of the molecule is COc1cc2ncnc(NCCC[NH+]3CCOCC3)c2cc1OC. The van der Waals surface area contributed by atoms with E-state index in [9.17, 15) is 0 Å². The van der Waals surface area contributed by atoms with Crippen LogP contribution in [0, 0.1) is 0 Å². The summed E-state index contributed by atoms with van der Waals surface area (Å²) in [6.45, 7) is 5.99. The van der Waals surface area contributed by atoms with Gasteiger partial charge in [-0.3, -0.25) is 0 Å². The van der Waals surface area contributed by atoms with Gasteiger partial charge in [-0.1, -0.05) is 0 Å².